The van der Waals surface area contributed by atoms with Crippen LogP contribution in [0.15, 0.2) is 18.2 Å². The van der Waals surface area contributed by atoms with E-state index in [0.717, 1.165) is 6.42 Å². The molecule has 5 atom stereocenters. The van der Waals surface area contributed by atoms with Crippen molar-refractivity contribution in [2.24, 2.45) is 22.7 Å². The zero-order chi connectivity index (χ0) is 47.5. The van der Waals surface area contributed by atoms with E-state index in [1.807, 2.05) is 13.8 Å². The summed E-state index contributed by atoms with van der Waals surface area (Å²) in [5, 5.41) is 14.2. The molecule has 4 aliphatic rings. The Balaban J connectivity index is 1.39. The second-order valence-corrected chi connectivity index (χ2v) is 20.3. The Morgan fingerprint density at radius 3 is 2.19 bits per heavy atom. The van der Waals surface area contributed by atoms with Crippen molar-refractivity contribution in [3.05, 3.63) is 33.8 Å². The largest absolute Gasteiger partial charge is 0.403 e. The van der Waals surface area contributed by atoms with Crippen molar-refractivity contribution in [2.75, 3.05) is 20.6 Å². The minimum atomic E-state index is -4.80. The van der Waals surface area contributed by atoms with Gasteiger partial charge in [-0.1, -0.05) is 50.4 Å². The molecule has 7 amide bonds. The average molecular weight is 943 g/mol. The maximum atomic E-state index is 14.5. The van der Waals surface area contributed by atoms with E-state index in [1.54, 1.807) is 25.1 Å². The van der Waals surface area contributed by atoms with Crippen LogP contribution in [0.4, 0.5) is 13.2 Å². The lowest BCUT2D eigenvalue weighted by Crippen LogP contribution is -2.66. The van der Waals surface area contributed by atoms with Gasteiger partial charge in [-0.05, 0) is 125 Å². The number of benzene rings is 1. The standard InChI is InChI=1S/C45H64Cl2F3N7O7/c1-8-30(53-41(64)44(45(48,49)50)23-43(24-44)17-11-18-43)35(58)54-34(26-13-14-26)39(62)56(6)32-12-9-10-19-51-40(63)42(4,5)55-37(60)33(22-27-21-28(46)15-16-29(27)47)57(7)38(61)31(20-25(2)3)52-36(32)59/h15-16,21,25-26,30-34H,8-14,17-20,22-24H2,1-7H3,(H,51,63)(H,52,59)(H,53,64)(H,54,58)(H,55,60)/t30-,31-,32-,33-,34-/m0/s1. The summed E-state index contributed by atoms with van der Waals surface area (Å²) in [4.78, 5) is 100. The van der Waals surface area contributed by atoms with Crippen molar-refractivity contribution >= 4 is 64.6 Å². The highest BCUT2D eigenvalue weighted by Gasteiger charge is 2.72. The summed E-state index contributed by atoms with van der Waals surface area (Å²) in [6.45, 7) is 8.52. The number of hydrogen-bond acceptors (Lipinski definition) is 7. The van der Waals surface area contributed by atoms with Gasteiger partial charge in [-0.3, -0.25) is 33.6 Å². The first-order chi connectivity index (χ1) is 29.8. The number of carbonyl (C=O) groups is 7. The maximum absolute atomic E-state index is 14.5. The highest BCUT2D eigenvalue weighted by molar-refractivity contribution is 6.33. The van der Waals surface area contributed by atoms with E-state index in [2.05, 4.69) is 26.6 Å². The first-order valence-corrected chi connectivity index (χ1v) is 23.2. The number of halogens is 5. The molecule has 14 nitrogen and oxygen atoms in total. The van der Waals surface area contributed by atoms with E-state index >= 15 is 0 Å². The van der Waals surface area contributed by atoms with E-state index in [1.165, 1.54) is 37.7 Å². The Kier molecular flexibility index (Phi) is 16.0. The quantitative estimate of drug-likeness (QED) is 0.190. The van der Waals surface area contributed by atoms with Crippen LogP contribution >= 0.6 is 23.2 Å². The van der Waals surface area contributed by atoms with Crippen LogP contribution in [-0.4, -0.2) is 114 Å². The highest BCUT2D eigenvalue weighted by Crippen LogP contribution is 2.69. The lowest BCUT2D eigenvalue weighted by atomic mass is 9.44. The van der Waals surface area contributed by atoms with Crippen molar-refractivity contribution < 1.29 is 46.7 Å². The SMILES string of the molecule is CC[C@H](NC(=O)C1(C(F)(F)F)CC2(CCC2)C1)C(=O)N[C@H](C(=O)N(C)[C@H]1CCCCNC(=O)C(C)(C)NC(=O)[C@H](Cc2cc(Cl)ccc2Cl)N(C)C(=O)[C@H](CC(C)C)NC1=O)C1CC1. The molecular weight excluding hydrogens is 878 g/mol. The lowest BCUT2D eigenvalue weighted by molar-refractivity contribution is -0.281. The molecule has 1 heterocycles. The van der Waals surface area contributed by atoms with Crippen molar-refractivity contribution in [3.8, 4) is 0 Å². The number of likely N-dealkylation sites (N-methyl/N-ethyl adjacent to an activating group) is 2. The van der Waals surface area contributed by atoms with Crippen LogP contribution in [0.5, 0.6) is 0 Å². The molecular formula is C45H64Cl2F3N7O7. The molecule has 1 saturated heterocycles. The average Bonchev–Trinajstić information content (AvgIpc) is 4.02. The molecule has 356 valence electrons. The molecule has 1 aliphatic heterocycles. The maximum Gasteiger partial charge on any atom is 0.403 e. The van der Waals surface area contributed by atoms with Gasteiger partial charge in [0.2, 0.25) is 41.4 Å². The number of rotatable bonds is 12. The second kappa shape index (κ2) is 20.2. The fourth-order valence-electron chi connectivity index (χ4n) is 9.34. The predicted molar refractivity (Wildman–Crippen MR) is 235 cm³/mol. The van der Waals surface area contributed by atoms with Gasteiger partial charge in [0.1, 0.15) is 41.2 Å². The van der Waals surface area contributed by atoms with Gasteiger partial charge in [0.15, 0.2) is 0 Å². The van der Waals surface area contributed by atoms with E-state index in [0.29, 0.717) is 54.1 Å². The van der Waals surface area contributed by atoms with Crippen LogP contribution in [0.3, 0.4) is 0 Å². The Bertz CT molecular complexity index is 1950. The molecule has 1 aromatic carbocycles. The topological polar surface area (TPSA) is 186 Å². The summed E-state index contributed by atoms with van der Waals surface area (Å²) in [6, 6.07) is -1.34. The third-order valence-electron chi connectivity index (χ3n) is 13.6. The van der Waals surface area contributed by atoms with Crippen molar-refractivity contribution in [2.45, 2.75) is 160 Å². The number of alkyl halides is 3. The Morgan fingerprint density at radius 1 is 0.969 bits per heavy atom. The summed E-state index contributed by atoms with van der Waals surface area (Å²) in [7, 11) is 2.83. The van der Waals surface area contributed by atoms with Crippen LogP contribution < -0.4 is 26.6 Å². The van der Waals surface area contributed by atoms with Crippen molar-refractivity contribution in [3.63, 3.8) is 0 Å². The molecule has 4 fully saturated rings. The molecule has 1 aromatic rings. The summed E-state index contributed by atoms with van der Waals surface area (Å²) in [6.07, 6.45) is -1.40. The molecule has 0 bridgehead atoms. The van der Waals surface area contributed by atoms with E-state index < -0.39 is 94.1 Å². The highest BCUT2D eigenvalue weighted by atomic mass is 35.5. The van der Waals surface area contributed by atoms with Gasteiger partial charge in [0, 0.05) is 37.1 Å². The Labute approximate surface area is 383 Å². The van der Waals surface area contributed by atoms with Gasteiger partial charge >= 0.3 is 6.18 Å². The van der Waals surface area contributed by atoms with Gasteiger partial charge in [-0.2, -0.15) is 13.2 Å². The second-order valence-electron chi connectivity index (χ2n) is 19.5. The summed E-state index contributed by atoms with van der Waals surface area (Å²) < 4.78 is 43.2. The first-order valence-electron chi connectivity index (χ1n) is 22.4. The zero-order valence-electron chi connectivity index (χ0n) is 37.8. The predicted octanol–water partition coefficient (Wildman–Crippen LogP) is 5.22. The monoisotopic (exact) mass is 941 g/mol. The van der Waals surface area contributed by atoms with Gasteiger partial charge in [-0.25, -0.2) is 0 Å². The van der Waals surface area contributed by atoms with Crippen LogP contribution in [-0.2, 0) is 40.0 Å². The van der Waals surface area contributed by atoms with Crippen molar-refractivity contribution in [1.82, 2.24) is 36.4 Å². The molecule has 1 spiro atoms. The number of nitrogens with one attached hydrogen (secondary N) is 5. The summed E-state index contributed by atoms with van der Waals surface area (Å²) >= 11 is 12.8. The van der Waals surface area contributed by atoms with Gasteiger partial charge in [0.25, 0.3) is 0 Å². The van der Waals surface area contributed by atoms with E-state index in [-0.39, 0.29) is 56.9 Å². The third-order valence-corrected chi connectivity index (χ3v) is 14.2. The fraction of sp³-hybridized carbons (Fsp3) is 0.711. The van der Waals surface area contributed by atoms with E-state index in [9.17, 15) is 46.7 Å². The van der Waals surface area contributed by atoms with E-state index in [4.69, 9.17) is 23.2 Å². The van der Waals surface area contributed by atoms with Crippen LogP contribution in [0, 0.1) is 22.7 Å². The summed E-state index contributed by atoms with van der Waals surface area (Å²) in [5.74, 6) is -5.56. The smallest absolute Gasteiger partial charge is 0.354 e. The fourth-order valence-corrected chi connectivity index (χ4v) is 9.73. The number of nitrogens with zero attached hydrogens (tertiary/aromatic N) is 2. The van der Waals surface area contributed by atoms with Gasteiger partial charge < -0.3 is 36.4 Å². The Morgan fingerprint density at radius 2 is 1.62 bits per heavy atom. The van der Waals surface area contributed by atoms with Crippen LogP contribution in [0.2, 0.25) is 10.0 Å². The molecule has 5 N–H and O–H groups in total. The molecule has 64 heavy (non-hydrogen) atoms. The van der Waals surface area contributed by atoms with Gasteiger partial charge in [0.05, 0.1) is 0 Å². The number of amides is 7. The number of hydrogen-bond donors (Lipinski definition) is 5. The van der Waals surface area contributed by atoms with Crippen molar-refractivity contribution in [1.29, 1.82) is 0 Å². The normalized spacial score (nSPS) is 24.9. The molecule has 0 aromatic heterocycles. The van der Waals surface area contributed by atoms with Crippen LogP contribution in [0.25, 0.3) is 0 Å². The number of carbonyl (C=O) groups excluding carboxylic acids is 7. The summed E-state index contributed by atoms with van der Waals surface area (Å²) in [5.41, 5.74) is -4.02. The third kappa shape index (κ3) is 11.5. The molecule has 5 rings (SSSR count). The molecule has 19 heteroatoms. The van der Waals surface area contributed by atoms with Gasteiger partial charge in [-0.15, -0.1) is 0 Å². The first kappa shape index (κ1) is 50.9. The minimum absolute atomic E-state index is 0.0365. The Hall–Kier alpha value is -4.12. The minimum Gasteiger partial charge on any atom is -0.354 e. The molecule has 3 saturated carbocycles. The van der Waals surface area contributed by atoms with Crippen LogP contribution in [0.1, 0.15) is 117 Å². The molecule has 0 unspecified atom stereocenters. The zero-order valence-corrected chi connectivity index (χ0v) is 39.3. The molecule has 3 aliphatic carbocycles. The lowest BCUT2D eigenvalue weighted by Gasteiger charge is -2.60. The molecule has 0 radical (unpaired) electrons.